The van der Waals surface area contributed by atoms with E-state index in [1.165, 1.54) is 11.3 Å². The molecule has 16 heteroatoms. The largest absolute Gasteiger partial charge is 0.365 e. The van der Waals surface area contributed by atoms with Gasteiger partial charge in [-0.05, 0) is 75.4 Å². The Morgan fingerprint density at radius 2 is 1.74 bits per heavy atom. The number of likely N-dealkylation sites (tertiary alicyclic amines) is 2. The Labute approximate surface area is 340 Å². The second-order valence-electron chi connectivity index (χ2n) is 15.8. The summed E-state index contributed by atoms with van der Waals surface area (Å²) in [5, 5.41) is 9.67. The molecule has 2 aromatic carbocycles. The number of halogens is 1. The number of aryl methyl sites for hydroxylation is 2. The topological polar surface area (TPSA) is 156 Å². The molecule has 3 N–H and O–H groups in total. The lowest BCUT2D eigenvalue weighted by Crippen LogP contribution is -2.49. The number of hydrogen-bond acceptors (Lipinski definition) is 12. The Kier molecular flexibility index (Phi) is 10.1. The van der Waals surface area contributed by atoms with E-state index in [1.54, 1.807) is 12.3 Å². The van der Waals surface area contributed by atoms with Crippen LogP contribution in [-0.4, -0.2) is 105 Å². The number of anilines is 5. The third-order valence-electron chi connectivity index (χ3n) is 12.2. The number of piperidine rings is 1. The van der Waals surface area contributed by atoms with E-state index in [4.69, 9.17) is 16.6 Å². The van der Waals surface area contributed by atoms with Crippen molar-refractivity contribution in [2.24, 2.45) is 0 Å². The summed E-state index contributed by atoms with van der Waals surface area (Å²) in [4.78, 5) is 73.9. The first-order chi connectivity index (χ1) is 27.6. The minimum atomic E-state index is -0.284. The smallest absolute Gasteiger partial charge is 0.267 e. The van der Waals surface area contributed by atoms with E-state index in [0.29, 0.717) is 69.7 Å². The van der Waals surface area contributed by atoms with Crippen molar-refractivity contribution in [1.82, 2.24) is 30.1 Å². The predicted octanol–water partition coefficient (Wildman–Crippen LogP) is 5.25. The van der Waals surface area contributed by atoms with Crippen LogP contribution in [0.25, 0.3) is 0 Å². The SMILES string of the molecule is Cc1nc(Nc2ncc(C(=O)Nc3c(C)cccc3Cl)s2)cc(N2C[C@@H]3C[C@H]2CN3CCCC(=O)N2CC3CC2CN3c2ccc(C3CCC(=O)NC3=O)cc2)n1. The number of para-hydroxylation sites is 1. The van der Waals surface area contributed by atoms with Crippen molar-refractivity contribution in [3.8, 4) is 0 Å². The van der Waals surface area contributed by atoms with Gasteiger partial charge in [0.2, 0.25) is 17.7 Å². The molecule has 4 amide bonds. The van der Waals surface area contributed by atoms with Crippen LogP contribution in [0, 0.1) is 13.8 Å². The molecule has 5 saturated heterocycles. The normalized spacial score (nSPS) is 24.1. The van der Waals surface area contributed by atoms with Gasteiger partial charge in [0.05, 0.1) is 28.9 Å². The Hall–Kier alpha value is -5.12. The molecule has 0 spiro atoms. The van der Waals surface area contributed by atoms with E-state index in [2.05, 4.69) is 57.7 Å². The number of imide groups is 1. The lowest BCUT2D eigenvalue weighted by molar-refractivity contribution is -0.134. The molecule has 5 atom stereocenters. The number of carbonyl (C=O) groups is 4. The number of fused-ring (bicyclic) bond motifs is 4. The first kappa shape index (κ1) is 37.5. The van der Waals surface area contributed by atoms with Gasteiger partial charge in [-0.15, -0.1) is 0 Å². The number of rotatable bonds is 11. The van der Waals surface area contributed by atoms with Crippen LogP contribution < -0.4 is 25.8 Å². The molecule has 7 heterocycles. The van der Waals surface area contributed by atoms with Crippen LogP contribution in [0.15, 0.2) is 54.7 Å². The number of benzene rings is 2. The molecule has 4 bridgehead atoms. The van der Waals surface area contributed by atoms with Crippen LogP contribution in [0.3, 0.4) is 0 Å². The summed E-state index contributed by atoms with van der Waals surface area (Å²) >= 11 is 7.55. The van der Waals surface area contributed by atoms with Crippen LogP contribution >= 0.6 is 22.9 Å². The number of nitrogens with one attached hydrogen (secondary N) is 3. The van der Waals surface area contributed by atoms with Gasteiger partial charge in [0.15, 0.2) is 5.13 Å². The van der Waals surface area contributed by atoms with E-state index in [1.807, 2.05) is 44.2 Å². The van der Waals surface area contributed by atoms with Crippen molar-refractivity contribution in [3.05, 3.63) is 81.6 Å². The average Bonchev–Trinajstić information content (AvgIpc) is 4.04. The maximum Gasteiger partial charge on any atom is 0.267 e. The van der Waals surface area contributed by atoms with Crippen molar-refractivity contribution in [1.29, 1.82) is 0 Å². The molecular formula is C41H45ClN10O4S. The molecular weight excluding hydrogens is 764 g/mol. The monoisotopic (exact) mass is 808 g/mol. The second kappa shape index (κ2) is 15.3. The zero-order chi connectivity index (χ0) is 39.4. The standard InChI is InChI=1S/C41H45ClN10O4S/c1-23-5-3-6-32(42)38(23)48-40(56)33-18-43-41(57-33)46-34-17-35(45-24(2)44-34)51-20-27-15-28(51)19-49(27)14-4-7-37(54)52-22-29-16-30(52)21-50(29)26-10-8-25(9-11-26)31-12-13-36(53)47-39(31)55/h3,5-6,8-11,17-18,27-31H,4,7,12-16,19-22H2,1-2H3,(H,48,56)(H,47,53,55)(H,43,44,45,46)/t27-,28-,29?,30?,31?/m0/s1. The fourth-order valence-corrected chi connectivity index (χ4v) is 10.3. The zero-order valence-electron chi connectivity index (χ0n) is 31.9. The van der Waals surface area contributed by atoms with Gasteiger partial charge in [-0.1, -0.05) is 47.2 Å². The van der Waals surface area contributed by atoms with E-state index in [0.717, 1.165) is 74.6 Å². The molecule has 5 aliphatic rings. The lowest BCUT2D eigenvalue weighted by Gasteiger charge is -2.36. The number of carbonyl (C=O) groups excluding carboxylic acids is 4. The average molecular weight is 809 g/mol. The molecule has 4 aromatic rings. The predicted molar refractivity (Wildman–Crippen MR) is 219 cm³/mol. The van der Waals surface area contributed by atoms with Gasteiger partial charge in [-0.25, -0.2) is 15.0 Å². The molecule has 0 saturated carbocycles. The number of hydrogen-bond donors (Lipinski definition) is 3. The van der Waals surface area contributed by atoms with E-state index < -0.39 is 0 Å². The number of piperazine rings is 2. The number of thiazole rings is 1. The summed E-state index contributed by atoms with van der Waals surface area (Å²) in [6, 6.07) is 16.9. The first-order valence-corrected chi connectivity index (χ1v) is 20.9. The number of aromatic nitrogens is 3. The number of nitrogens with zero attached hydrogens (tertiary/aromatic N) is 7. The fraction of sp³-hybridized carbons (Fsp3) is 0.439. The summed E-state index contributed by atoms with van der Waals surface area (Å²) in [6.45, 7) is 8.06. The fourth-order valence-electron chi connectivity index (χ4n) is 9.35. The molecule has 0 radical (unpaired) electrons. The Balaban J connectivity index is 0.734. The summed E-state index contributed by atoms with van der Waals surface area (Å²) in [7, 11) is 0. The summed E-state index contributed by atoms with van der Waals surface area (Å²) in [5.41, 5.74) is 3.53. The highest BCUT2D eigenvalue weighted by Gasteiger charge is 2.46. The van der Waals surface area contributed by atoms with Crippen molar-refractivity contribution >= 4 is 74.7 Å². The highest BCUT2D eigenvalue weighted by molar-refractivity contribution is 7.17. The molecule has 0 aliphatic carbocycles. The second-order valence-corrected chi connectivity index (χ2v) is 17.3. The molecule has 9 rings (SSSR count). The molecule has 5 fully saturated rings. The maximum atomic E-state index is 13.4. The van der Waals surface area contributed by atoms with Crippen LogP contribution in [0.4, 0.5) is 28.1 Å². The zero-order valence-corrected chi connectivity index (χ0v) is 33.5. The van der Waals surface area contributed by atoms with Crippen LogP contribution in [0.2, 0.25) is 5.02 Å². The summed E-state index contributed by atoms with van der Waals surface area (Å²) in [6.07, 6.45) is 5.91. The Bertz CT molecular complexity index is 2210. The van der Waals surface area contributed by atoms with Gasteiger partial charge in [0.1, 0.15) is 22.3 Å². The van der Waals surface area contributed by atoms with Crippen molar-refractivity contribution in [2.75, 3.05) is 53.2 Å². The Morgan fingerprint density at radius 1 is 0.947 bits per heavy atom. The highest BCUT2D eigenvalue weighted by Crippen LogP contribution is 2.38. The first-order valence-electron chi connectivity index (χ1n) is 19.7. The van der Waals surface area contributed by atoms with Gasteiger partial charge < -0.3 is 25.3 Å². The van der Waals surface area contributed by atoms with Crippen LogP contribution in [0.5, 0.6) is 0 Å². The molecule has 5 aliphatic heterocycles. The van der Waals surface area contributed by atoms with Crippen molar-refractivity contribution in [3.63, 3.8) is 0 Å². The van der Waals surface area contributed by atoms with Crippen LogP contribution in [0.1, 0.15) is 71.1 Å². The van der Waals surface area contributed by atoms with Crippen molar-refractivity contribution in [2.45, 2.75) is 82.5 Å². The van der Waals surface area contributed by atoms with Gasteiger partial charge in [-0.3, -0.25) is 29.4 Å². The van der Waals surface area contributed by atoms with Crippen molar-refractivity contribution < 1.29 is 19.2 Å². The van der Waals surface area contributed by atoms with Gasteiger partial charge in [0, 0.05) is 68.9 Å². The maximum absolute atomic E-state index is 13.4. The highest BCUT2D eigenvalue weighted by atomic mass is 35.5. The summed E-state index contributed by atoms with van der Waals surface area (Å²) < 4.78 is 0. The van der Waals surface area contributed by atoms with Crippen LogP contribution in [-0.2, 0) is 14.4 Å². The van der Waals surface area contributed by atoms with Gasteiger partial charge in [0.25, 0.3) is 5.91 Å². The van der Waals surface area contributed by atoms with Gasteiger partial charge in [-0.2, -0.15) is 0 Å². The molecule has 2 aromatic heterocycles. The minimum absolute atomic E-state index is 0.200. The van der Waals surface area contributed by atoms with E-state index in [9.17, 15) is 19.2 Å². The minimum Gasteiger partial charge on any atom is -0.365 e. The molecule has 57 heavy (non-hydrogen) atoms. The molecule has 3 unspecified atom stereocenters. The molecule has 14 nitrogen and oxygen atoms in total. The lowest BCUT2D eigenvalue weighted by atomic mass is 9.90. The molecule has 296 valence electrons. The third-order valence-corrected chi connectivity index (χ3v) is 13.4. The van der Waals surface area contributed by atoms with Gasteiger partial charge >= 0.3 is 0 Å². The van der Waals surface area contributed by atoms with E-state index >= 15 is 0 Å². The Morgan fingerprint density at radius 3 is 2.47 bits per heavy atom. The number of amides is 4. The quantitative estimate of drug-likeness (QED) is 0.170. The van der Waals surface area contributed by atoms with E-state index in [-0.39, 0.29) is 35.6 Å². The third kappa shape index (κ3) is 7.55. The summed E-state index contributed by atoms with van der Waals surface area (Å²) in [5.74, 6) is 1.43.